The number of hydrogen-bond acceptors (Lipinski definition) is 4. The van der Waals surface area contributed by atoms with Crippen LogP contribution in [-0.4, -0.2) is 26.3 Å². The largest absolute Gasteiger partial charge is 0.497 e. The number of fused-ring (bicyclic) bond motifs is 5. The maximum Gasteiger partial charge on any atom is 0.259 e. The van der Waals surface area contributed by atoms with E-state index in [4.69, 9.17) is 4.74 Å². The first-order chi connectivity index (χ1) is 14.0. The molecule has 0 aliphatic heterocycles. The van der Waals surface area contributed by atoms with Gasteiger partial charge in [-0.2, -0.15) is 0 Å². The molecular formula is C23H22N4O2. The smallest absolute Gasteiger partial charge is 0.259 e. The lowest BCUT2D eigenvalue weighted by molar-refractivity contribution is 0.414. The van der Waals surface area contributed by atoms with Gasteiger partial charge in [-0.15, -0.1) is 10.2 Å². The number of aromatic nitrogens is 4. The number of methoxy groups -OCH3 is 1. The van der Waals surface area contributed by atoms with Crippen molar-refractivity contribution in [2.24, 2.45) is 0 Å². The van der Waals surface area contributed by atoms with Crippen molar-refractivity contribution in [1.29, 1.82) is 0 Å². The number of rotatable bonds is 3. The zero-order valence-corrected chi connectivity index (χ0v) is 16.7. The van der Waals surface area contributed by atoms with Crippen LogP contribution in [0.15, 0.2) is 59.7 Å². The fourth-order valence-electron chi connectivity index (χ4n) is 4.42. The molecule has 0 spiro atoms. The Kier molecular flexibility index (Phi) is 3.84. The normalized spacial score (nSPS) is 14.4. The van der Waals surface area contributed by atoms with Crippen molar-refractivity contribution >= 4 is 5.78 Å². The SMILES string of the molecule is COc1ccc2c(c1)-c1c(c(=O)n(Cc3ccccc3)c3nncn13)C(C)(C)C2. The van der Waals surface area contributed by atoms with Gasteiger partial charge in [0.15, 0.2) is 0 Å². The van der Waals surface area contributed by atoms with E-state index in [-0.39, 0.29) is 11.0 Å². The standard InChI is InChI=1S/C23H22N4O2/c1-23(2)12-16-9-10-17(29-3)11-18(16)20-19(23)21(28)26(22-25-24-14-27(20)22)13-15-7-5-4-6-8-15/h4-11,14H,12-13H2,1-3H3. The number of nitrogens with zero attached hydrogens (tertiary/aromatic N) is 4. The van der Waals surface area contributed by atoms with Crippen LogP contribution in [0, 0.1) is 0 Å². The average Bonchev–Trinajstić information content (AvgIpc) is 3.20. The summed E-state index contributed by atoms with van der Waals surface area (Å²) in [5.74, 6) is 1.31. The molecule has 2 aromatic heterocycles. The predicted molar refractivity (Wildman–Crippen MR) is 112 cm³/mol. The first-order valence-electron chi connectivity index (χ1n) is 9.68. The second kappa shape index (κ2) is 6.30. The van der Waals surface area contributed by atoms with Crippen molar-refractivity contribution in [2.45, 2.75) is 32.2 Å². The summed E-state index contributed by atoms with van der Waals surface area (Å²) in [7, 11) is 1.65. The highest BCUT2D eigenvalue weighted by Crippen LogP contribution is 2.42. The predicted octanol–water partition coefficient (Wildman–Crippen LogP) is 3.45. The highest BCUT2D eigenvalue weighted by Gasteiger charge is 2.37. The third-order valence-corrected chi connectivity index (χ3v) is 5.77. The van der Waals surface area contributed by atoms with Gasteiger partial charge in [-0.3, -0.25) is 13.8 Å². The second-order valence-corrected chi connectivity index (χ2v) is 8.19. The number of ether oxygens (including phenoxy) is 1. The molecule has 6 nitrogen and oxygen atoms in total. The van der Waals surface area contributed by atoms with Gasteiger partial charge in [0.05, 0.1) is 19.3 Å². The molecule has 4 aromatic rings. The molecule has 2 aromatic carbocycles. The van der Waals surface area contributed by atoms with Crippen LogP contribution in [0.2, 0.25) is 0 Å². The quantitative estimate of drug-likeness (QED) is 0.541. The Hall–Kier alpha value is -3.41. The minimum atomic E-state index is -0.315. The Bertz CT molecular complexity index is 1290. The monoisotopic (exact) mass is 386 g/mol. The summed E-state index contributed by atoms with van der Waals surface area (Å²) in [5.41, 5.74) is 4.58. The van der Waals surface area contributed by atoms with Gasteiger partial charge >= 0.3 is 0 Å². The summed E-state index contributed by atoms with van der Waals surface area (Å²) < 4.78 is 9.12. The summed E-state index contributed by atoms with van der Waals surface area (Å²) in [6, 6.07) is 16.0. The van der Waals surface area contributed by atoms with E-state index in [0.717, 1.165) is 34.6 Å². The Morgan fingerprint density at radius 1 is 1.14 bits per heavy atom. The van der Waals surface area contributed by atoms with Crippen molar-refractivity contribution in [3.8, 4) is 17.0 Å². The van der Waals surface area contributed by atoms with Crippen molar-refractivity contribution in [3.05, 3.63) is 81.9 Å². The molecule has 0 N–H and O–H groups in total. The molecule has 0 amide bonds. The van der Waals surface area contributed by atoms with Crippen molar-refractivity contribution < 1.29 is 4.74 Å². The molecule has 0 radical (unpaired) electrons. The van der Waals surface area contributed by atoms with E-state index >= 15 is 0 Å². The third kappa shape index (κ3) is 2.67. The van der Waals surface area contributed by atoms with E-state index in [1.807, 2.05) is 46.9 Å². The highest BCUT2D eigenvalue weighted by molar-refractivity contribution is 5.74. The molecule has 0 saturated heterocycles. The Balaban J connectivity index is 1.85. The third-order valence-electron chi connectivity index (χ3n) is 5.77. The van der Waals surface area contributed by atoms with E-state index in [0.29, 0.717) is 12.3 Å². The van der Waals surface area contributed by atoms with Crippen LogP contribution < -0.4 is 10.3 Å². The van der Waals surface area contributed by atoms with Gasteiger partial charge in [0, 0.05) is 16.5 Å². The Morgan fingerprint density at radius 2 is 1.93 bits per heavy atom. The zero-order chi connectivity index (χ0) is 20.2. The molecule has 0 atom stereocenters. The number of benzene rings is 2. The lowest BCUT2D eigenvalue weighted by Gasteiger charge is -2.34. The lowest BCUT2D eigenvalue weighted by atomic mass is 9.72. The van der Waals surface area contributed by atoms with Crippen LogP contribution in [0.3, 0.4) is 0 Å². The van der Waals surface area contributed by atoms with Gasteiger partial charge in [-0.1, -0.05) is 50.2 Å². The van der Waals surface area contributed by atoms with Crippen LogP contribution in [0.4, 0.5) is 0 Å². The fourth-order valence-corrected chi connectivity index (χ4v) is 4.42. The average molecular weight is 386 g/mol. The van der Waals surface area contributed by atoms with Gasteiger partial charge in [0.2, 0.25) is 5.78 Å². The van der Waals surface area contributed by atoms with E-state index in [1.165, 1.54) is 5.56 Å². The first-order valence-corrected chi connectivity index (χ1v) is 9.68. The second-order valence-electron chi connectivity index (χ2n) is 8.19. The maximum absolute atomic E-state index is 13.8. The van der Waals surface area contributed by atoms with Gasteiger partial charge in [-0.05, 0) is 29.7 Å². The molecule has 29 heavy (non-hydrogen) atoms. The topological polar surface area (TPSA) is 61.4 Å². The summed E-state index contributed by atoms with van der Waals surface area (Å²) in [6.07, 6.45) is 2.48. The summed E-state index contributed by atoms with van der Waals surface area (Å²) in [4.78, 5) is 13.8. The van der Waals surface area contributed by atoms with Crippen molar-refractivity contribution in [3.63, 3.8) is 0 Å². The van der Waals surface area contributed by atoms with Crippen LogP contribution in [0.25, 0.3) is 17.0 Å². The summed E-state index contributed by atoms with van der Waals surface area (Å²) in [5, 5.41) is 8.43. The minimum Gasteiger partial charge on any atom is -0.497 e. The van der Waals surface area contributed by atoms with Crippen molar-refractivity contribution in [2.75, 3.05) is 7.11 Å². The van der Waals surface area contributed by atoms with Crippen molar-refractivity contribution in [1.82, 2.24) is 19.2 Å². The number of hydrogen-bond donors (Lipinski definition) is 0. The highest BCUT2D eigenvalue weighted by atomic mass is 16.5. The first kappa shape index (κ1) is 17.7. The zero-order valence-electron chi connectivity index (χ0n) is 16.7. The van der Waals surface area contributed by atoms with Gasteiger partial charge in [-0.25, -0.2) is 0 Å². The minimum absolute atomic E-state index is 0.0113. The molecule has 0 bridgehead atoms. The van der Waals surface area contributed by atoms with Gasteiger partial charge < -0.3 is 4.74 Å². The summed E-state index contributed by atoms with van der Waals surface area (Å²) >= 11 is 0. The van der Waals surface area contributed by atoms with E-state index in [2.05, 4.69) is 30.1 Å². The van der Waals surface area contributed by atoms with Crippen LogP contribution in [-0.2, 0) is 18.4 Å². The Labute approximate surface area is 168 Å². The molecule has 0 unspecified atom stereocenters. The molecule has 1 aliphatic rings. The lowest BCUT2D eigenvalue weighted by Crippen LogP contribution is -2.38. The molecule has 0 fully saturated rings. The molecule has 146 valence electrons. The molecule has 5 rings (SSSR count). The molecule has 1 aliphatic carbocycles. The summed E-state index contributed by atoms with van der Waals surface area (Å²) in [6.45, 7) is 4.71. The van der Waals surface area contributed by atoms with E-state index < -0.39 is 0 Å². The Morgan fingerprint density at radius 3 is 2.69 bits per heavy atom. The molecule has 6 heteroatoms. The van der Waals surface area contributed by atoms with E-state index in [9.17, 15) is 4.79 Å². The van der Waals surface area contributed by atoms with Crippen LogP contribution in [0.5, 0.6) is 5.75 Å². The van der Waals surface area contributed by atoms with Gasteiger partial charge in [0.1, 0.15) is 12.1 Å². The van der Waals surface area contributed by atoms with Crippen LogP contribution >= 0.6 is 0 Å². The molecular weight excluding hydrogens is 364 g/mol. The maximum atomic E-state index is 13.8. The van der Waals surface area contributed by atoms with E-state index in [1.54, 1.807) is 18.0 Å². The molecule has 0 saturated carbocycles. The van der Waals surface area contributed by atoms with Crippen LogP contribution in [0.1, 0.15) is 30.5 Å². The van der Waals surface area contributed by atoms with Gasteiger partial charge in [0.25, 0.3) is 5.56 Å². The fraction of sp³-hybridized carbons (Fsp3) is 0.261. The molecule has 2 heterocycles.